The van der Waals surface area contributed by atoms with E-state index in [-0.39, 0.29) is 6.09 Å². The first-order valence-electron chi connectivity index (χ1n) is 8.46. The maximum Gasteiger partial charge on any atom is 0.407 e. The van der Waals surface area contributed by atoms with Crippen molar-refractivity contribution in [2.24, 2.45) is 5.92 Å². The Kier molecular flexibility index (Phi) is 6.04. The van der Waals surface area contributed by atoms with Gasteiger partial charge in [0.15, 0.2) is 5.76 Å². The number of aromatic nitrogens is 1. The zero-order chi connectivity index (χ0) is 16.9. The Labute approximate surface area is 138 Å². The Hall–Kier alpha value is -1.56. The van der Waals surface area contributed by atoms with Crippen molar-refractivity contribution in [3.63, 3.8) is 0 Å². The van der Waals surface area contributed by atoms with Gasteiger partial charge in [0.25, 0.3) is 0 Å². The Morgan fingerprint density at radius 1 is 1.39 bits per heavy atom. The zero-order valence-corrected chi connectivity index (χ0v) is 14.6. The van der Waals surface area contributed by atoms with Gasteiger partial charge in [-0.15, -0.1) is 0 Å². The van der Waals surface area contributed by atoms with Gasteiger partial charge in [0.1, 0.15) is 5.60 Å². The maximum absolute atomic E-state index is 11.8. The van der Waals surface area contributed by atoms with Crippen LogP contribution >= 0.6 is 0 Å². The van der Waals surface area contributed by atoms with Gasteiger partial charge >= 0.3 is 6.09 Å². The fourth-order valence-electron chi connectivity index (χ4n) is 2.98. The monoisotopic (exact) mass is 323 g/mol. The molecule has 0 bridgehead atoms. The lowest BCUT2D eigenvalue weighted by Gasteiger charge is -2.32. The maximum atomic E-state index is 11.8. The summed E-state index contributed by atoms with van der Waals surface area (Å²) < 4.78 is 10.5. The van der Waals surface area contributed by atoms with Crippen LogP contribution in [-0.4, -0.2) is 29.4 Å². The molecule has 1 aromatic rings. The van der Waals surface area contributed by atoms with E-state index in [1.807, 2.05) is 33.8 Å². The van der Waals surface area contributed by atoms with Gasteiger partial charge in [0.05, 0.1) is 12.2 Å². The Morgan fingerprint density at radius 2 is 2.13 bits per heavy atom. The van der Waals surface area contributed by atoms with Crippen molar-refractivity contribution in [1.82, 2.24) is 15.8 Å². The van der Waals surface area contributed by atoms with E-state index in [9.17, 15) is 4.79 Å². The molecule has 1 amide bonds. The fraction of sp³-hybridized carbons (Fsp3) is 0.765. The second-order valence-electron chi connectivity index (χ2n) is 7.35. The highest BCUT2D eigenvalue weighted by molar-refractivity contribution is 5.67. The highest BCUT2D eigenvalue weighted by atomic mass is 16.6. The van der Waals surface area contributed by atoms with Gasteiger partial charge in [-0.3, -0.25) is 0 Å². The van der Waals surface area contributed by atoms with Gasteiger partial charge in [-0.05, 0) is 46.5 Å². The van der Waals surface area contributed by atoms with Gasteiger partial charge in [-0.25, -0.2) is 4.79 Å². The molecule has 0 aromatic carbocycles. The van der Waals surface area contributed by atoms with Crippen molar-refractivity contribution < 1.29 is 14.1 Å². The average molecular weight is 323 g/mol. The van der Waals surface area contributed by atoms with E-state index < -0.39 is 5.60 Å². The Morgan fingerprint density at radius 3 is 2.78 bits per heavy atom. The van der Waals surface area contributed by atoms with E-state index in [0.717, 1.165) is 24.3 Å². The summed E-state index contributed by atoms with van der Waals surface area (Å²) in [4.78, 5) is 11.8. The number of hydrogen-bond acceptors (Lipinski definition) is 5. The van der Waals surface area contributed by atoms with Gasteiger partial charge in [-0.2, -0.15) is 0 Å². The normalized spacial score (nSPS) is 21.9. The molecule has 0 aliphatic heterocycles. The van der Waals surface area contributed by atoms with E-state index in [2.05, 4.69) is 15.8 Å². The summed E-state index contributed by atoms with van der Waals surface area (Å²) in [5, 5.41) is 10.4. The number of carbonyl (C=O) groups is 1. The van der Waals surface area contributed by atoms with Crippen LogP contribution in [0.25, 0.3) is 0 Å². The summed E-state index contributed by atoms with van der Waals surface area (Å²) >= 11 is 0. The molecule has 1 heterocycles. The van der Waals surface area contributed by atoms with E-state index >= 15 is 0 Å². The van der Waals surface area contributed by atoms with Crippen LogP contribution in [0.5, 0.6) is 0 Å². The molecule has 0 radical (unpaired) electrons. The Balaban J connectivity index is 1.79. The molecule has 0 spiro atoms. The summed E-state index contributed by atoms with van der Waals surface area (Å²) in [7, 11) is 0. The van der Waals surface area contributed by atoms with Crippen LogP contribution in [0.4, 0.5) is 4.79 Å². The molecule has 6 nitrogen and oxygen atoms in total. The summed E-state index contributed by atoms with van der Waals surface area (Å²) in [5.41, 5.74) is 0.437. The van der Waals surface area contributed by atoms with Gasteiger partial charge in [0, 0.05) is 18.7 Å². The number of nitrogens with one attached hydrogen (secondary N) is 2. The van der Waals surface area contributed by atoms with Crippen molar-refractivity contribution in [1.29, 1.82) is 0 Å². The number of nitrogens with zero attached hydrogens (tertiary/aromatic N) is 1. The minimum Gasteiger partial charge on any atom is -0.444 e. The number of rotatable bonds is 5. The summed E-state index contributed by atoms with van der Waals surface area (Å²) in [6, 6.07) is 2.33. The van der Waals surface area contributed by atoms with Crippen LogP contribution in [0, 0.1) is 12.8 Å². The standard InChI is InChI=1S/C17H29N3O3/c1-12-9-14(23-20-12)11-18-15-8-6-5-7-13(15)10-19-16(21)22-17(2,3)4/h9,13,15,18H,5-8,10-11H2,1-4H3,(H,19,21). The fourth-order valence-corrected chi connectivity index (χ4v) is 2.98. The van der Waals surface area contributed by atoms with E-state index in [0.29, 0.717) is 25.0 Å². The average Bonchev–Trinajstić information content (AvgIpc) is 2.87. The molecule has 2 N–H and O–H groups in total. The third-order valence-corrected chi connectivity index (χ3v) is 4.03. The van der Waals surface area contributed by atoms with Gasteiger partial charge in [-0.1, -0.05) is 18.0 Å². The number of ether oxygens (including phenoxy) is 1. The van der Waals surface area contributed by atoms with Crippen LogP contribution < -0.4 is 10.6 Å². The number of amides is 1. The summed E-state index contributed by atoms with van der Waals surface area (Å²) in [5.74, 6) is 1.27. The topological polar surface area (TPSA) is 76.4 Å². The number of aryl methyl sites for hydroxylation is 1. The lowest BCUT2D eigenvalue weighted by molar-refractivity contribution is 0.0510. The molecule has 1 aliphatic rings. The molecule has 130 valence electrons. The van der Waals surface area contributed by atoms with Gasteiger partial charge in [0.2, 0.25) is 0 Å². The second-order valence-corrected chi connectivity index (χ2v) is 7.35. The third-order valence-electron chi connectivity index (χ3n) is 4.03. The van der Waals surface area contributed by atoms with E-state index in [1.54, 1.807) is 0 Å². The molecule has 0 saturated heterocycles. The van der Waals surface area contributed by atoms with Crippen LogP contribution in [-0.2, 0) is 11.3 Å². The SMILES string of the molecule is Cc1cc(CNC2CCCCC2CNC(=O)OC(C)(C)C)on1. The molecule has 6 heteroatoms. The van der Waals surface area contributed by atoms with Crippen molar-refractivity contribution >= 4 is 6.09 Å². The minimum atomic E-state index is -0.460. The number of carbonyl (C=O) groups excluding carboxylic acids is 1. The first kappa shape index (κ1) is 17.8. The van der Waals surface area contributed by atoms with Crippen molar-refractivity contribution in [3.05, 3.63) is 17.5 Å². The van der Waals surface area contributed by atoms with Crippen LogP contribution in [0.2, 0.25) is 0 Å². The predicted molar refractivity (Wildman–Crippen MR) is 88.1 cm³/mol. The number of alkyl carbamates (subject to hydrolysis) is 1. The van der Waals surface area contributed by atoms with Crippen LogP contribution in [0.1, 0.15) is 57.9 Å². The quantitative estimate of drug-likeness (QED) is 0.870. The van der Waals surface area contributed by atoms with Gasteiger partial charge < -0.3 is 19.9 Å². The van der Waals surface area contributed by atoms with Crippen molar-refractivity contribution in [2.45, 2.75) is 71.6 Å². The summed E-state index contributed by atoms with van der Waals surface area (Å²) in [6.45, 7) is 8.85. The molecule has 23 heavy (non-hydrogen) atoms. The van der Waals surface area contributed by atoms with Crippen molar-refractivity contribution in [2.75, 3.05) is 6.54 Å². The first-order chi connectivity index (χ1) is 10.8. The smallest absolute Gasteiger partial charge is 0.407 e. The zero-order valence-electron chi connectivity index (χ0n) is 14.6. The molecule has 1 fully saturated rings. The lowest BCUT2D eigenvalue weighted by Crippen LogP contribution is -2.44. The predicted octanol–water partition coefficient (Wildman–Crippen LogP) is 3.16. The molecule has 2 atom stereocenters. The minimum absolute atomic E-state index is 0.340. The molecular formula is C17H29N3O3. The molecule has 1 aromatic heterocycles. The third kappa shape index (κ3) is 6.22. The molecule has 2 rings (SSSR count). The van der Waals surface area contributed by atoms with Crippen LogP contribution in [0.3, 0.4) is 0 Å². The van der Waals surface area contributed by atoms with Crippen molar-refractivity contribution in [3.8, 4) is 0 Å². The second kappa shape index (κ2) is 7.81. The van der Waals surface area contributed by atoms with Crippen LogP contribution in [0.15, 0.2) is 10.6 Å². The highest BCUT2D eigenvalue weighted by Crippen LogP contribution is 2.24. The van der Waals surface area contributed by atoms with E-state index in [4.69, 9.17) is 9.26 Å². The molecule has 1 aliphatic carbocycles. The molecular weight excluding hydrogens is 294 g/mol. The largest absolute Gasteiger partial charge is 0.444 e. The Bertz CT molecular complexity index is 507. The molecule has 2 unspecified atom stereocenters. The lowest BCUT2D eigenvalue weighted by atomic mass is 9.84. The highest BCUT2D eigenvalue weighted by Gasteiger charge is 2.26. The summed E-state index contributed by atoms with van der Waals surface area (Å²) in [6.07, 6.45) is 4.32. The number of hydrogen-bond donors (Lipinski definition) is 2. The first-order valence-corrected chi connectivity index (χ1v) is 8.46. The molecule has 1 saturated carbocycles. The van der Waals surface area contributed by atoms with E-state index in [1.165, 1.54) is 12.8 Å².